The first kappa shape index (κ1) is 6.09. The van der Waals surface area contributed by atoms with Crippen molar-refractivity contribution in [1.29, 1.82) is 0 Å². The lowest BCUT2D eigenvalue weighted by Crippen LogP contribution is -1.85. The topological polar surface area (TPSA) is 0 Å². The molecular formula is C9H7. The predicted octanol–water partition coefficient (Wildman–Crippen LogP) is 2.37. The van der Waals surface area contributed by atoms with Crippen LogP contribution in [0.15, 0.2) is 24.3 Å². The van der Waals surface area contributed by atoms with Crippen molar-refractivity contribution < 1.29 is 0 Å². The Morgan fingerprint density at radius 1 is 0.778 bits per heavy atom. The summed E-state index contributed by atoms with van der Waals surface area (Å²) in [6, 6.07) is 8.36. The molecule has 0 aliphatic heterocycles. The fraction of sp³-hybridized carbons (Fsp3) is 0. The monoisotopic (exact) mass is 115 g/mol. The average molecular weight is 115 g/mol. The van der Waals surface area contributed by atoms with Crippen molar-refractivity contribution >= 4 is 12.2 Å². The molecular weight excluding hydrogens is 108 g/mol. The summed E-state index contributed by atoms with van der Waals surface area (Å²) in [5.41, 5.74) is 2.74. The fourth-order valence-electron chi connectivity index (χ4n) is 0.898. The summed E-state index contributed by atoms with van der Waals surface area (Å²) >= 11 is 0. The summed E-state index contributed by atoms with van der Waals surface area (Å²) in [6.07, 6.45) is 4.24. The van der Waals surface area contributed by atoms with Crippen LogP contribution >= 0.6 is 0 Å². The van der Waals surface area contributed by atoms with Gasteiger partial charge in [0, 0.05) is 0 Å². The quantitative estimate of drug-likeness (QED) is 0.494. The predicted molar refractivity (Wildman–Crippen MR) is 39.7 cm³/mol. The summed E-state index contributed by atoms with van der Waals surface area (Å²) in [4.78, 5) is 0. The third kappa shape index (κ3) is 0.765. The molecule has 0 nitrogen and oxygen atoms in total. The van der Waals surface area contributed by atoms with E-state index in [-0.39, 0.29) is 7.43 Å². The Bertz CT molecular complexity index is 209. The molecule has 0 bridgehead atoms. The van der Waals surface area contributed by atoms with Crippen molar-refractivity contribution in [2.24, 2.45) is 0 Å². The van der Waals surface area contributed by atoms with Crippen molar-refractivity contribution in [2.45, 2.75) is 0 Å². The molecule has 1 aliphatic carbocycles. The third-order valence-electron chi connectivity index (χ3n) is 1.44. The van der Waals surface area contributed by atoms with Gasteiger partial charge in [0.15, 0.2) is 0 Å². The van der Waals surface area contributed by atoms with Crippen LogP contribution in [0.25, 0.3) is 12.2 Å². The second-order valence-electron chi connectivity index (χ2n) is 1.96. The van der Waals surface area contributed by atoms with Crippen LogP contribution < -0.4 is 0 Å². The molecule has 2 rings (SSSR count). The highest BCUT2D eigenvalue weighted by Gasteiger charge is 1.99. The minimum Gasteiger partial charge on any atom is -0.0616 e. The Balaban J connectivity index is 0.000000405. The van der Waals surface area contributed by atoms with E-state index in [4.69, 9.17) is 0 Å². The van der Waals surface area contributed by atoms with Crippen LogP contribution in [0.4, 0.5) is 0 Å². The van der Waals surface area contributed by atoms with Crippen LogP contribution in [0, 0.1) is 7.43 Å². The Morgan fingerprint density at radius 3 is 1.44 bits per heavy atom. The van der Waals surface area contributed by atoms with Gasteiger partial charge in [0.05, 0.1) is 0 Å². The van der Waals surface area contributed by atoms with E-state index in [1.54, 1.807) is 0 Å². The molecule has 0 atom stereocenters. The van der Waals surface area contributed by atoms with Crippen LogP contribution in [0.1, 0.15) is 11.1 Å². The fourth-order valence-corrected chi connectivity index (χ4v) is 0.898. The Hall–Kier alpha value is -1.04. The molecule has 0 fully saturated rings. The summed E-state index contributed by atoms with van der Waals surface area (Å²) in [5.74, 6) is 0. The second-order valence-corrected chi connectivity index (χ2v) is 1.96. The molecule has 0 heteroatoms. The highest BCUT2D eigenvalue weighted by molar-refractivity contribution is 5.85. The Kier molecular flexibility index (Phi) is 1.39. The largest absolute Gasteiger partial charge is 0.0616 e. The summed E-state index contributed by atoms with van der Waals surface area (Å²) in [5, 5.41) is 0. The molecule has 0 spiro atoms. The second kappa shape index (κ2) is 2.06. The van der Waals surface area contributed by atoms with Gasteiger partial charge < -0.3 is 0 Å². The van der Waals surface area contributed by atoms with Gasteiger partial charge in [-0.2, -0.15) is 0 Å². The Labute approximate surface area is 55.8 Å². The lowest BCUT2D eigenvalue weighted by atomic mass is 9.99. The van der Waals surface area contributed by atoms with Gasteiger partial charge in [-0.15, -0.1) is 0 Å². The maximum Gasteiger partial charge on any atom is -0.0184 e. The molecule has 1 aromatic carbocycles. The van der Waals surface area contributed by atoms with E-state index >= 15 is 0 Å². The minimum absolute atomic E-state index is 0. The smallest absolute Gasteiger partial charge is 0.0184 e. The number of rotatable bonds is 0. The van der Waals surface area contributed by atoms with Gasteiger partial charge in [0.1, 0.15) is 0 Å². The van der Waals surface area contributed by atoms with E-state index in [0.717, 1.165) is 0 Å². The number of benzene rings is 1. The lowest BCUT2D eigenvalue weighted by molar-refractivity contribution is 1.58. The van der Waals surface area contributed by atoms with E-state index in [2.05, 4.69) is 36.4 Å². The minimum atomic E-state index is 0. The number of hydrogen-bond acceptors (Lipinski definition) is 0. The van der Waals surface area contributed by atoms with Gasteiger partial charge >= 0.3 is 0 Å². The van der Waals surface area contributed by atoms with Crippen molar-refractivity contribution in [3.63, 3.8) is 0 Å². The van der Waals surface area contributed by atoms with Gasteiger partial charge in [-0.1, -0.05) is 36.4 Å². The van der Waals surface area contributed by atoms with E-state index in [1.165, 1.54) is 11.1 Å². The molecule has 1 aliphatic rings. The zero-order valence-corrected chi connectivity index (χ0v) is 5.04. The van der Waals surface area contributed by atoms with Crippen LogP contribution in [-0.4, -0.2) is 0 Å². The summed E-state index contributed by atoms with van der Waals surface area (Å²) in [7, 11) is 0. The van der Waals surface area contributed by atoms with Crippen LogP contribution in [-0.2, 0) is 0 Å². The highest BCUT2D eigenvalue weighted by atomic mass is 14.0. The zero-order valence-electron chi connectivity index (χ0n) is 5.04. The van der Waals surface area contributed by atoms with Crippen molar-refractivity contribution in [3.8, 4) is 0 Å². The molecule has 0 N–H and O–H groups in total. The van der Waals surface area contributed by atoms with Crippen LogP contribution in [0.3, 0.4) is 0 Å². The molecule has 9 heavy (non-hydrogen) atoms. The highest BCUT2D eigenvalue weighted by Crippen LogP contribution is 2.21. The van der Waals surface area contributed by atoms with Crippen molar-refractivity contribution in [3.05, 3.63) is 42.8 Å². The molecule has 0 saturated heterocycles. The first-order valence-corrected chi connectivity index (χ1v) is 2.74. The summed E-state index contributed by atoms with van der Waals surface area (Å²) in [6.45, 7) is 0. The van der Waals surface area contributed by atoms with E-state index in [9.17, 15) is 0 Å². The number of hydrogen-bond donors (Lipinski definition) is 0. The standard InChI is InChI=1S/C8H6.CH/c1-2-4-8-6-5-7(8)3-1;/h1-6H;1H. The van der Waals surface area contributed by atoms with Crippen LogP contribution in [0.5, 0.6) is 0 Å². The SMILES string of the molecule is C1=Cc2ccccc21.[CH]. The first-order chi connectivity index (χ1) is 3.97. The van der Waals surface area contributed by atoms with Gasteiger partial charge in [0.25, 0.3) is 0 Å². The number of fused-ring (bicyclic) bond motifs is 1. The zero-order chi connectivity index (χ0) is 5.40. The average Bonchev–Trinajstić information content (AvgIpc) is 1.72. The lowest BCUT2D eigenvalue weighted by Gasteiger charge is -2.06. The molecule has 3 radical (unpaired) electrons. The van der Waals surface area contributed by atoms with E-state index in [0.29, 0.717) is 0 Å². The Morgan fingerprint density at radius 2 is 1.22 bits per heavy atom. The van der Waals surface area contributed by atoms with Gasteiger partial charge in [-0.3, -0.25) is 0 Å². The van der Waals surface area contributed by atoms with Crippen LogP contribution in [0.2, 0.25) is 0 Å². The third-order valence-corrected chi connectivity index (χ3v) is 1.44. The molecule has 0 aromatic heterocycles. The van der Waals surface area contributed by atoms with Gasteiger partial charge in [0.2, 0.25) is 0 Å². The summed E-state index contributed by atoms with van der Waals surface area (Å²) < 4.78 is 0. The van der Waals surface area contributed by atoms with Crippen molar-refractivity contribution in [1.82, 2.24) is 0 Å². The molecule has 0 amide bonds. The first-order valence-electron chi connectivity index (χ1n) is 2.74. The van der Waals surface area contributed by atoms with E-state index < -0.39 is 0 Å². The maximum absolute atomic E-state index is 2.12. The molecule has 43 valence electrons. The molecule has 1 aromatic rings. The van der Waals surface area contributed by atoms with Gasteiger partial charge in [-0.05, 0) is 18.6 Å². The van der Waals surface area contributed by atoms with Gasteiger partial charge in [-0.25, -0.2) is 0 Å². The molecule has 0 saturated carbocycles. The molecule has 0 unspecified atom stereocenters. The maximum atomic E-state index is 2.12. The van der Waals surface area contributed by atoms with Crippen molar-refractivity contribution in [2.75, 3.05) is 0 Å². The normalized spacial score (nSPS) is 11.1. The molecule has 0 heterocycles. The van der Waals surface area contributed by atoms with E-state index in [1.807, 2.05) is 0 Å².